The molecule has 0 N–H and O–H groups in total. The molecule has 2 heterocycles. The van der Waals surface area contributed by atoms with Crippen molar-refractivity contribution in [3.63, 3.8) is 0 Å². The smallest absolute Gasteiger partial charge is 0.282 e. The summed E-state index contributed by atoms with van der Waals surface area (Å²) < 4.78 is 26.5. The van der Waals surface area contributed by atoms with Crippen molar-refractivity contribution >= 4 is 59.9 Å². The monoisotopic (exact) mass is 687 g/mol. The van der Waals surface area contributed by atoms with Gasteiger partial charge in [0.1, 0.15) is 17.9 Å². The summed E-state index contributed by atoms with van der Waals surface area (Å²) in [5.74, 6) is 2.25. The molecular weight excluding hydrogens is 666 g/mol. The third-order valence-corrected chi connectivity index (χ3v) is 7.58. The molecule has 0 fully saturated rings. The highest BCUT2D eigenvalue weighted by molar-refractivity contribution is 9.10. The number of benzene rings is 4. The van der Waals surface area contributed by atoms with E-state index in [1.165, 1.54) is 4.68 Å². The van der Waals surface area contributed by atoms with Crippen molar-refractivity contribution in [1.82, 2.24) is 9.66 Å². The van der Waals surface area contributed by atoms with Crippen LogP contribution in [-0.2, 0) is 6.61 Å². The van der Waals surface area contributed by atoms with Gasteiger partial charge in [-0.1, -0.05) is 62.2 Å². The Bertz CT molecular complexity index is 2020. The van der Waals surface area contributed by atoms with Gasteiger partial charge in [-0.3, -0.25) is 4.79 Å². The van der Waals surface area contributed by atoms with Crippen LogP contribution in [0.3, 0.4) is 0 Å². The van der Waals surface area contributed by atoms with Gasteiger partial charge in [0.05, 0.1) is 36.7 Å². The molecule has 0 aliphatic heterocycles. The quantitative estimate of drug-likeness (QED) is 0.152. The summed E-state index contributed by atoms with van der Waals surface area (Å²) in [4.78, 5) is 18.5. The van der Waals surface area contributed by atoms with Crippen LogP contribution in [0, 0.1) is 0 Å². The minimum atomic E-state index is -0.349. The maximum Gasteiger partial charge on any atom is 0.282 e. The minimum absolute atomic E-state index is 0.243. The number of nitrogens with zero attached hydrogens (tertiary/aromatic N) is 3. The molecule has 0 aliphatic rings. The second kappa shape index (κ2) is 11.8. The maximum absolute atomic E-state index is 13.8. The third kappa shape index (κ3) is 5.43. The zero-order valence-electron chi connectivity index (χ0n) is 22.5. The molecule has 0 amide bonds. The van der Waals surface area contributed by atoms with Gasteiger partial charge in [-0.15, -0.1) is 0 Å². The highest BCUT2D eigenvalue weighted by atomic mass is 79.9. The Labute approximate surface area is 257 Å². The zero-order chi connectivity index (χ0) is 29.2. The lowest BCUT2D eigenvalue weighted by Crippen LogP contribution is -2.20. The number of fused-ring (bicyclic) bond motifs is 2. The summed E-state index contributed by atoms with van der Waals surface area (Å²) in [5.41, 5.74) is 2.35. The lowest BCUT2D eigenvalue weighted by Gasteiger charge is -2.14. The lowest BCUT2D eigenvalue weighted by molar-refractivity contribution is 0.284. The first-order valence-corrected chi connectivity index (χ1v) is 14.4. The van der Waals surface area contributed by atoms with Crippen LogP contribution in [-0.4, -0.2) is 30.1 Å². The van der Waals surface area contributed by atoms with E-state index in [2.05, 4.69) is 37.0 Å². The molecular formula is C32H23Br2N3O5. The molecule has 8 nitrogen and oxygen atoms in total. The first kappa shape index (κ1) is 27.7. The molecule has 0 bridgehead atoms. The molecule has 0 spiro atoms. The van der Waals surface area contributed by atoms with Crippen LogP contribution in [0.5, 0.6) is 17.2 Å². The van der Waals surface area contributed by atoms with Gasteiger partial charge in [-0.05, 0) is 60.2 Å². The van der Waals surface area contributed by atoms with Gasteiger partial charge in [-0.25, -0.2) is 4.98 Å². The van der Waals surface area contributed by atoms with E-state index < -0.39 is 0 Å². The Hall–Kier alpha value is -4.41. The standard InChI is InChI=1S/C32H23Br2N3O5/c1-39-26-8-5-9-27-24(26)16-29(42-27)31-36-25-7-4-3-6-23(25)32(38)37(31)35-17-20-14-22(34)15-28(40-2)30(20)41-18-19-10-12-21(33)13-11-19/h3-17H,18H2,1-2H3. The number of ether oxygens (including phenoxy) is 3. The molecule has 0 atom stereocenters. The van der Waals surface area contributed by atoms with Crippen molar-refractivity contribution in [1.29, 1.82) is 0 Å². The number of rotatable bonds is 8. The first-order chi connectivity index (χ1) is 20.4. The predicted molar refractivity (Wildman–Crippen MR) is 170 cm³/mol. The largest absolute Gasteiger partial charge is 0.496 e. The molecule has 0 saturated heterocycles. The van der Waals surface area contributed by atoms with Crippen LogP contribution in [0.4, 0.5) is 0 Å². The molecule has 2 aromatic heterocycles. The second-order valence-electron chi connectivity index (χ2n) is 9.24. The van der Waals surface area contributed by atoms with E-state index in [0.717, 1.165) is 19.9 Å². The number of methoxy groups -OCH3 is 2. The average molecular weight is 689 g/mol. The second-order valence-corrected chi connectivity index (χ2v) is 11.1. The molecule has 6 rings (SSSR count). The van der Waals surface area contributed by atoms with E-state index in [9.17, 15) is 4.79 Å². The molecule has 42 heavy (non-hydrogen) atoms. The van der Waals surface area contributed by atoms with E-state index in [1.54, 1.807) is 44.7 Å². The van der Waals surface area contributed by atoms with E-state index in [1.807, 2.05) is 60.7 Å². The number of hydrogen-bond donors (Lipinski definition) is 0. The maximum atomic E-state index is 13.8. The summed E-state index contributed by atoms with van der Waals surface area (Å²) in [6, 6.07) is 25.9. The van der Waals surface area contributed by atoms with Gasteiger partial charge in [0.15, 0.2) is 17.3 Å². The minimum Gasteiger partial charge on any atom is -0.496 e. The Morgan fingerprint density at radius 3 is 2.45 bits per heavy atom. The van der Waals surface area contributed by atoms with E-state index in [0.29, 0.717) is 51.7 Å². The SMILES string of the molecule is COc1cc(Br)cc(C=Nn2c(-c3cc4c(OC)cccc4o3)nc3ccccc3c2=O)c1OCc1ccc(Br)cc1. The topological polar surface area (TPSA) is 88.1 Å². The number of halogens is 2. The van der Waals surface area contributed by atoms with Crippen molar-refractivity contribution < 1.29 is 18.6 Å². The third-order valence-electron chi connectivity index (χ3n) is 6.59. The zero-order valence-corrected chi connectivity index (χ0v) is 25.7. The number of furan rings is 1. The summed E-state index contributed by atoms with van der Waals surface area (Å²) in [6.45, 7) is 0.301. The van der Waals surface area contributed by atoms with E-state index in [4.69, 9.17) is 23.6 Å². The van der Waals surface area contributed by atoms with Crippen LogP contribution < -0.4 is 19.8 Å². The van der Waals surface area contributed by atoms with Crippen LogP contribution in [0.2, 0.25) is 0 Å². The van der Waals surface area contributed by atoms with Gasteiger partial charge < -0.3 is 18.6 Å². The van der Waals surface area contributed by atoms with Crippen LogP contribution in [0.25, 0.3) is 33.5 Å². The Balaban J connectivity index is 1.48. The van der Waals surface area contributed by atoms with Crippen molar-refractivity contribution in [3.05, 3.63) is 115 Å². The molecule has 0 unspecified atom stereocenters. The van der Waals surface area contributed by atoms with Crippen LogP contribution in [0.1, 0.15) is 11.1 Å². The molecule has 0 saturated carbocycles. The Kier molecular flexibility index (Phi) is 7.82. The average Bonchev–Trinajstić information content (AvgIpc) is 3.45. The van der Waals surface area contributed by atoms with Gasteiger partial charge in [0.25, 0.3) is 5.56 Å². The van der Waals surface area contributed by atoms with E-state index >= 15 is 0 Å². The van der Waals surface area contributed by atoms with Crippen LogP contribution in [0.15, 0.2) is 108 Å². The van der Waals surface area contributed by atoms with E-state index in [-0.39, 0.29) is 11.4 Å². The molecule has 4 aromatic carbocycles. The normalized spacial score (nSPS) is 11.4. The molecule has 6 aromatic rings. The Morgan fingerprint density at radius 2 is 1.67 bits per heavy atom. The fourth-order valence-electron chi connectivity index (χ4n) is 4.56. The molecule has 0 aliphatic carbocycles. The fraction of sp³-hybridized carbons (Fsp3) is 0.0938. The van der Waals surface area contributed by atoms with Crippen molar-refractivity contribution in [2.75, 3.05) is 14.2 Å². The van der Waals surface area contributed by atoms with Gasteiger partial charge in [0, 0.05) is 14.5 Å². The summed E-state index contributed by atoms with van der Waals surface area (Å²) in [7, 11) is 3.17. The number of hydrogen-bond acceptors (Lipinski definition) is 7. The molecule has 210 valence electrons. The lowest BCUT2D eigenvalue weighted by atomic mass is 10.2. The Morgan fingerprint density at radius 1 is 0.881 bits per heavy atom. The van der Waals surface area contributed by atoms with Crippen molar-refractivity contribution in [3.8, 4) is 28.8 Å². The highest BCUT2D eigenvalue weighted by Gasteiger charge is 2.19. The number of aromatic nitrogens is 2. The fourth-order valence-corrected chi connectivity index (χ4v) is 5.28. The summed E-state index contributed by atoms with van der Waals surface area (Å²) in [5, 5.41) is 5.80. The number of para-hydroxylation sites is 1. The van der Waals surface area contributed by atoms with Crippen molar-refractivity contribution in [2.45, 2.75) is 6.61 Å². The van der Waals surface area contributed by atoms with Gasteiger partial charge in [-0.2, -0.15) is 9.78 Å². The summed E-state index contributed by atoms with van der Waals surface area (Å²) in [6.07, 6.45) is 1.55. The summed E-state index contributed by atoms with van der Waals surface area (Å²) >= 11 is 7.00. The van der Waals surface area contributed by atoms with Crippen molar-refractivity contribution in [2.24, 2.45) is 5.10 Å². The highest BCUT2D eigenvalue weighted by Crippen LogP contribution is 2.36. The van der Waals surface area contributed by atoms with Crippen LogP contribution >= 0.6 is 31.9 Å². The molecule has 0 radical (unpaired) electrons. The predicted octanol–water partition coefficient (Wildman–Crippen LogP) is 7.81. The molecule has 10 heteroatoms. The van der Waals surface area contributed by atoms with Gasteiger partial charge in [0.2, 0.25) is 5.82 Å². The first-order valence-electron chi connectivity index (χ1n) is 12.8. The van der Waals surface area contributed by atoms with Gasteiger partial charge >= 0.3 is 0 Å².